The van der Waals surface area contributed by atoms with E-state index in [2.05, 4.69) is 15.9 Å². The molecule has 1 saturated carbocycles. The molecule has 1 unspecified atom stereocenters. The summed E-state index contributed by atoms with van der Waals surface area (Å²) in [5.41, 5.74) is 0.0629. The molecule has 1 aliphatic rings. The number of alkyl halides is 1. The van der Waals surface area contributed by atoms with Gasteiger partial charge in [0, 0.05) is 17.5 Å². The second-order valence-corrected chi connectivity index (χ2v) is 5.49. The van der Waals surface area contributed by atoms with Crippen LogP contribution in [-0.4, -0.2) is 11.9 Å². The van der Waals surface area contributed by atoms with Crippen LogP contribution in [-0.2, 0) is 10.3 Å². The molecule has 0 radical (unpaired) electrons. The molecule has 2 rings (SSSR count). The van der Waals surface area contributed by atoms with E-state index in [0.29, 0.717) is 17.5 Å². The zero-order valence-corrected chi connectivity index (χ0v) is 11.7. The van der Waals surface area contributed by atoms with Crippen molar-refractivity contribution in [1.82, 2.24) is 0 Å². The lowest BCUT2D eigenvalue weighted by atomic mass is 9.97. The maximum Gasteiger partial charge on any atom is 0.129 e. The maximum absolute atomic E-state index is 13.8. The summed E-state index contributed by atoms with van der Waals surface area (Å²) in [6, 6.07) is 6.84. The second-order valence-electron chi connectivity index (χ2n) is 4.92. The van der Waals surface area contributed by atoms with Gasteiger partial charge in [-0.1, -0.05) is 47.0 Å². The Morgan fingerprint density at radius 1 is 1.41 bits per heavy atom. The van der Waals surface area contributed by atoms with Crippen LogP contribution in [0.4, 0.5) is 4.39 Å². The monoisotopic (exact) mass is 300 g/mol. The smallest absolute Gasteiger partial charge is 0.129 e. The highest BCUT2D eigenvalue weighted by Gasteiger charge is 2.30. The Labute approximate surface area is 110 Å². The van der Waals surface area contributed by atoms with Gasteiger partial charge in [-0.2, -0.15) is 0 Å². The van der Waals surface area contributed by atoms with E-state index in [1.807, 2.05) is 13.0 Å². The molecule has 3 heteroatoms. The fraction of sp³-hybridized carbons (Fsp3) is 0.571. The van der Waals surface area contributed by atoms with Gasteiger partial charge in [-0.05, 0) is 25.3 Å². The summed E-state index contributed by atoms with van der Waals surface area (Å²) in [6.45, 7) is 2.65. The first-order valence-electron chi connectivity index (χ1n) is 6.10. The van der Waals surface area contributed by atoms with Crippen molar-refractivity contribution in [1.29, 1.82) is 0 Å². The molecule has 1 fully saturated rings. The van der Waals surface area contributed by atoms with Crippen LogP contribution in [0.1, 0.15) is 31.7 Å². The Kier molecular flexibility index (Phi) is 4.21. The van der Waals surface area contributed by atoms with Crippen LogP contribution in [0.3, 0.4) is 0 Å². The third-order valence-corrected chi connectivity index (χ3v) is 4.41. The summed E-state index contributed by atoms with van der Waals surface area (Å²) in [5, 5.41) is 0.603. The van der Waals surface area contributed by atoms with Gasteiger partial charge in [0.25, 0.3) is 0 Å². The maximum atomic E-state index is 13.8. The Morgan fingerprint density at radius 3 is 2.71 bits per heavy atom. The summed E-state index contributed by atoms with van der Waals surface area (Å²) in [6.07, 6.45) is 3.75. The first-order valence-corrected chi connectivity index (χ1v) is 7.23. The number of hydrogen-bond acceptors (Lipinski definition) is 1. The molecule has 94 valence electrons. The quantitative estimate of drug-likeness (QED) is 0.714. The van der Waals surface area contributed by atoms with Gasteiger partial charge in [-0.3, -0.25) is 0 Å². The first-order chi connectivity index (χ1) is 8.15. The van der Waals surface area contributed by atoms with E-state index in [0.717, 1.165) is 12.3 Å². The minimum Gasteiger partial charge on any atom is -0.370 e. The molecule has 0 bridgehead atoms. The topological polar surface area (TPSA) is 9.23 Å². The standard InChI is InChI=1S/C14H18BrFO/c1-14(10-15,17-9-8-11-6-7-11)12-4-2-3-5-13(12)16/h2-5,11H,6-10H2,1H3. The van der Waals surface area contributed by atoms with Gasteiger partial charge in [0.05, 0.1) is 0 Å². The normalized spacial score (nSPS) is 19.0. The molecule has 0 saturated heterocycles. The molecule has 17 heavy (non-hydrogen) atoms. The molecular formula is C14H18BrFO. The fourth-order valence-electron chi connectivity index (χ4n) is 1.94. The predicted molar refractivity (Wildman–Crippen MR) is 70.8 cm³/mol. The Bertz CT molecular complexity index is 378. The highest BCUT2D eigenvalue weighted by molar-refractivity contribution is 9.09. The average Bonchev–Trinajstić information content (AvgIpc) is 3.13. The minimum atomic E-state index is -0.569. The van der Waals surface area contributed by atoms with E-state index < -0.39 is 5.60 Å². The molecule has 0 heterocycles. The van der Waals surface area contributed by atoms with Crippen molar-refractivity contribution in [2.24, 2.45) is 5.92 Å². The van der Waals surface area contributed by atoms with Gasteiger partial charge in [-0.25, -0.2) is 4.39 Å². The number of hydrogen-bond donors (Lipinski definition) is 0. The van der Waals surface area contributed by atoms with Gasteiger partial charge in [0.2, 0.25) is 0 Å². The zero-order chi connectivity index (χ0) is 12.3. The number of halogens is 2. The lowest BCUT2D eigenvalue weighted by molar-refractivity contribution is -0.0219. The molecule has 0 spiro atoms. The summed E-state index contributed by atoms with van der Waals surface area (Å²) in [5.74, 6) is 0.649. The lowest BCUT2D eigenvalue weighted by Gasteiger charge is -2.29. The largest absolute Gasteiger partial charge is 0.370 e. The van der Waals surface area contributed by atoms with Crippen molar-refractivity contribution < 1.29 is 9.13 Å². The number of ether oxygens (including phenoxy) is 1. The van der Waals surface area contributed by atoms with Crippen LogP contribution in [0.2, 0.25) is 0 Å². The van der Waals surface area contributed by atoms with Crippen molar-refractivity contribution >= 4 is 15.9 Å². The molecule has 1 atom stereocenters. The van der Waals surface area contributed by atoms with E-state index in [-0.39, 0.29) is 5.82 Å². The molecule has 0 aliphatic heterocycles. The summed E-state index contributed by atoms with van der Waals surface area (Å²) >= 11 is 3.43. The van der Waals surface area contributed by atoms with Crippen molar-refractivity contribution in [3.63, 3.8) is 0 Å². The van der Waals surface area contributed by atoms with E-state index in [1.165, 1.54) is 18.9 Å². The van der Waals surface area contributed by atoms with Crippen LogP contribution in [0.25, 0.3) is 0 Å². The lowest BCUT2D eigenvalue weighted by Crippen LogP contribution is -2.29. The highest BCUT2D eigenvalue weighted by atomic mass is 79.9. The molecule has 1 nitrogen and oxygen atoms in total. The van der Waals surface area contributed by atoms with Crippen LogP contribution in [0.15, 0.2) is 24.3 Å². The SMILES string of the molecule is CC(CBr)(OCCC1CC1)c1ccccc1F. The van der Waals surface area contributed by atoms with E-state index in [9.17, 15) is 4.39 Å². The van der Waals surface area contributed by atoms with E-state index >= 15 is 0 Å². The van der Waals surface area contributed by atoms with Crippen molar-refractivity contribution in [2.45, 2.75) is 31.8 Å². The third-order valence-electron chi connectivity index (χ3n) is 3.34. The Morgan fingerprint density at radius 2 is 2.12 bits per heavy atom. The molecule has 0 N–H and O–H groups in total. The molecule has 1 aromatic carbocycles. The molecule has 1 aromatic rings. The average molecular weight is 301 g/mol. The number of benzene rings is 1. The van der Waals surface area contributed by atoms with Gasteiger partial charge < -0.3 is 4.74 Å². The van der Waals surface area contributed by atoms with Crippen LogP contribution < -0.4 is 0 Å². The minimum absolute atomic E-state index is 0.194. The van der Waals surface area contributed by atoms with Crippen molar-refractivity contribution in [2.75, 3.05) is 11.9 Å². The van der Waals surface area contributed by atoms with Crippen LogP contribution in [0.5, 0.6) is 0 Å². The first kappa shape index (κ1) is 13.0. The van der Waals surface area contributed by atoms with Gasteiger partial charge in [-0.15, -0.1) is 0 Å². The van der Waals surface area contributed by atoms with Crippen LogP contribution >= 0.6 is 15.9 Å². The predicted octanol–water partition coefficient (Wildman–Crippen LogP) is 4.25. The van der Waals surface area contributed by atoms with Gasteiger partial charge >= 0.3 is 0 Å². The molecule has 0 aromatic heterocycles. The number of rotatable bonds is 6. The van der Waals surface area contributed by atoms with Crippen molar-refractivity contribution in [3.8, 4) is 0 Å². The van der Waals surface area contributed by atoms with E-state index in [4.69, 9.17) is 4.74 Å². The summed E-state index contributed by atoms with van der Waals surface area (Å²) < 4.78 is 19.7. The second kappa shape index (κ2) is 5.49. The van der Waals surface area contributed by atoms with Gasteiger partial charge in [0.15, 0.2) is 0 Å². The van der Waals surface area contributed by atoms with Crippen molar-refractivity contribution in [3.05, 3.63) is 35.6 Å². The summed E-state index contributed by atoms with van der Waals surface area (Å²) in [7, 11) is 0. The third kappa shape index (κ3) is 3.29. The fourth-order valence-corrected chi connectivity index (χ4v) is 2.40. The summed E-state index contributed by atoms with van der Waals surface area (Å²) in [4.78, 5) is 0. The molecular weight excluding hydrogens is 283 g/mol. The molecule has 0 amide bonds. The molecule has 1 aliphatic carbocycles. The Balaban J connectivity index is 2.03. The van der Waals surface area contributed by atoms with Gasteiger partial charge in [0.1, 0.15) is 11.4 Å². The van der Waals surface area contributed by atoms with E-state index in [1.54, 1.807) is 12.1 Å². The van der Waals surface area contributed by atoms with Crippen LogP contribution in [0, 0.1) is 11.7 Å². The highest BCUT2D eigenvalue weighted by Crippen LogP contribution is 2.34. The Hall–Kier alpha value is -0.410. The zero-order valence-electron chi connectivity index (χ0n) is 10.1.